The first-order chi connectivity index (χ1) is 6.95. The monoisotopic (exact) mass is 215 g/mol. The average molecular weight is 215 g/mol. The number of rotatable bonds is 1. The predicted molar refractivity (Wildman–Crippen MR) is 67.0 cm³/mol. The number of aliphatic hydroxyl groups excluding tert-OH is 1. The molecule has 0 saturated carbocycles. The van der Waals surface area contributed by atoms with Gasteiger partial charge in [-0.2, -0.15) is 0 Å². The molecule has 2 heteroatoms. The standard InChI is InChI=1S/C11H23NO.C2H6/c1-9-5-6-12(11(2,3)4)7-10(9)8-13;1-2/h9-10,13H,5-8H2,1-4H3;1-2H3/t9-,10-;/m1./s1. The van der Waals surface area contributed by atoms with Crippen LogP contribution in [0.5, 0.6) is 0 Å². The lowest BCUT2D eigenvalue weighted by atomic mass is 9.85. The minimum Gasteiger partial charge on any atom is -0.396 e. The Hall–Kier alpha value is -0.0800. The molecule has 0 spiro atoms. The van der Waals surface area contributed by atoms with Gasteiger partial charge >= 0.3 is 0 Å². The van der Waals surface area contributed by atoms with Gasteiger partial charge in [0.15, 0.2) is 0 Å². The molecule has 0 aliphatic carbocycles. The van der Waals surface area contributed by atoms with E-state index in [1.54, 1.807) is 0 Å². The van der Waals surface area contributed by atoms with Crippen LogP contribution in [0.1, 0.15) is 48.0 Å². The molecule has 0 aromatic rings. The lowest BCUT2D eigenvalue weighted by Crippen LogP contribution is -2.50. The molecule has 15 heavy (non-hydrogen) atoms. The van der Waals surface area contributed by atoms with Gasteiger partial charge in [-0.3, -0.25) is 4.90 Å². The van der Waals surface area contributed by atoms with Crippen molar-refractivity contribution in [2.24, 2.45) is 11.8 Å². The molecule has 1 heterocycles. The molecule has 92 valence electrons. The molecule has 0 amide bonds. The van der Waals surface area contributed by atoms with Crippen LogP contribution in [0.4, 0.5) is 0 Å². The van der Waals surface area contributed by atoms with Gasteiger partial charge in [-0.15, -0.1) is 0 Å². The molecule has 2 nitrogen and oxygen atoms in total. The predicted octanol–water partition coefficient (Wildman–Crippen LogP) is 2.76. The fourth-order valence-corrected chi connectivity index (χ4v) is 2.00. The lowest BCUT2D eigenvalue weighted by molar-refractivity contribution is 0.0276. The van der Waals surface area contributed by atoms with E-state index in [0.29, 0.717) is 18.4 Å². The average Bonchev–Trinajstić information content (AvgIpc) is 2.20. The molecule has 2 atom stereocenters. The normalized spacial score (nSPS) is 28.2. The van der Waals surface area contributed by atoms with Gasteiger partial charge in [0.05, 0.1) is 0 Å². The maximum absolute atomic E-state index is 9.22. The Kier molecular flexibility index (Phi) is 6.46. The van der Waals surface area contributed by atoms with E-state index in [1.165, 1.54) is 13.0 Å². The van der Waals surface area contributed by atoms with Crippen molar-refractivity contribution < 1.29 is 5.11 Å². The van der Waals surface area contributed by atoms with Crippen LogP contribution in [-0.4, -0.2) is 35.2 Å². The van der Waals surface area contributed by atoms with E-state index in [4.69, 9.17) is 0 Å². The molecule has 1 rings (SSSR count). The zero-order valence-electron chi connectivity index (χ0n) is 11.4. The van der Waals surface area contributed by atoms with Crippen molar-refractivity contribution in [3.8, 4) is 0 Å². The largest absolute Gasteiger partial charge is 0.396 e. The van der Waals surface area contributed by atoms with Gasteiger partial charge in [0, 0.05) is 18.7 Å². The maximum atomic E-state index is 9.22. The third-order valence-corrected chi connectivity index (χ3v) is 3.30. The summed E-state index contributed by atoms with van der Waals surface area (Å²) in [5.74, 6) is 1.16. The van der Waals surface area contributed by atoms with Crippen LogP contribution in [0, 0.1) is 11.8 Å². The Morgan fingerprint density at radius 3 is 2.20 bits per heavy atom. The zero-order valence-corrected chi connectivity index (χ0v) is 11.4. The van der Waals surface area contributed by atoms with E-state index in [0.717, 1.165) is 6.54 Å². The van der Waals surface area contributed by atoms with Crippen LogP contribution in [-0.2, 0) is 0 Å². The third kappa shape index (κ3) is 4.52. The highest BCUT2D eigenvalue weighted by Gasteiger charge is 2.31. The van der Waals surface area contributed by atoms with Crippen molar-refractivity contribution in [1.82, 2.24) is 4.90 Å². The first kappa shape index (κ1) is 14.9. The molecular formula is C13H29NO. The van der Waals surface area contributed by atoms with Crippen LogP contribution in [0.3, 0.4) is 0 Å². The lowest BCUT2D eigenvalue weighted by Gasteiger charge is -2.43. The molecular weight excluding hydrogens is 186 g/mol. The number of likely N-dealkylation sites (tertiary alicyclic amines) is 1. The van der Waals surface area contributed by atoms with Gasteiger partial charge < -0.3 is 5.11 Å². The van der Waals surface area contributed by atoms with E-state index in [9.17, 15) is 5.11 Å². The molecule has 1 aliphatic rings. The molecule has 0 unspecified atom stereocenters. The summed E-state index contributed by atoms with van der Waals surface area (Å²) in [6.45, 7) is 15.6. The highest BCUT2D eigenvalue weighted by atomic mass is 16.3. The van der Waals surface area contributed by atoms with E-state index in [-0.39, 0.29) is 5.54 Å². The summed E-state index contributed by atoms with van der Waals surface area (Å²) in [4.78, 5) is 2.48. The number of aliphatic hydroxyl groups is 1. The van der Waals surface area contributed by atoms with Crippen molar-refractivity contribution in [2.75, 3.05) is 19.7 Å². The first-order valence-corrected chi connectivity index (χ1v) is 6.31. The summed E-state index contributed by atoms with van der Waals surface area (Å²) >= 11 is 0. The van der Waals surface area contributed by atoms with Crippen LogP contribution >= 0.6 is 0 Å². The van der Waals surface area contributed by atoms with E-state index in [2.05, 4.69) is 32.6 Å². The second-order valence-electron chi connectivity index (χ2n) is 5.33. The number of hydrogen-bond acceptors (Lipinski definition) is 2. The van der Waals surface area contributed by atoms with Crippen LogP contribution < -0.4 is 0 Å². The fourth-order valence-electron chi connectivity index (χ4n) is 2.00. The van der Waals surface area contributed by atoms with Crippen LogP contribution in [0.15, 0.2) is 0 Å². The highest BCUT2D eigenvalue weighted by molar-refractivity contribution is 4.84. The summed E-state index contributed by atoms with van der Waals surface area (Å²) in [6, 6.07) is 0. The minimum atomic E-state index is 0.257. The Balaban J connectivity index is 0.000000921. The van der Waals surface area contributed by atoms with Gasteiger partial charge in [0.25, 0.3) is 0 Å². The second-order valence-corrected chi connectivity index (χ2v) is 5.33. The van der Waals surface area contributed by atoms with Crippen molar-refractivity contribution >= 4 is 0 Å². The summed E-state index contributed by atoms with van der Waals surface area (Å²) in [6.07, 6.45) is 1.22. The van der Waals surface area contributed by atoms with E-state index >= 15 is 0 Å². The van der Waals surface area contributed by atoms with Gasteiger partial charge in [-0.25, -0.2) is 0 Å². The molecule has 0 radical (unpaired) electrons. The Bertz CT molecular complexity index is 162. The number of nitrogens with zero attached hydrogens (tertiary/aromatic N) is 1. The van der Waals surface area contributed by atoms with Crippen molar-refractivity contribution in [3.63, 3.8) is 0 Å². The second kappa shape index (κ2) is 6.49. The first-order valence-electron chi connectivity index (χ1n) is 6.31. The number of piperidine rings is 1. The molecule has 0 bridgehead atoms. The SMILES string of the molecule is CC.C[C@@H]1CCN(C(C)(C)C)C[C@@H]1CO. The Labute approximate surface area is 95.7 Å². The smallest absolute Gasteiger partial charge is 0.0474 e. The summed E-state index contributed by atoms with van der Waals surface area (Å²) in [5, 5.41) is 9.22. The molecule has 1 N–H and O–H groups in total. The molecule has 1 aliphatic heterocycles. The topological polar surface area (TPSA) is 23.5 Å². The maximum Gasteiger partial charge on any atom is 0.0474 e. The van der Waals surface area contributed by atoms with Crippen molar-refractivity contribution in [3.05, 3.63) is 0 Å². The van der Waals surface area contributed by atoms with Crippen LogP contribution in [0.2, 0.25) is 0 Å². The van der Waals surface area contributed by atoms with Gasteiger partial charge in [-0.1, -0.05) is 20.8 Å². The van der Waals surface area contributed by atoms with E-state index < -0.39 is 0 Å². The quantitative estimate of drug-likeness (QED) is 0.727. The Morgan fingerprint density at radius 2 is 1.80 bits per heavy atom. The molecule has 1 fully saturated rings. The Morgan fingerprint density at radius 1 is 1.27 bits per heavy atom. The summed E-state index contributed by atoms with van der Waals surface area (Å²) in [5.41, 5.74) is 0.257. The minimum absolute atomic E-state index is 0.257. The van der Waals surface area contributed by atoms with Crippen molar-refractivity contribution in [1.29, 1.82) is 0 Å². The number of hydrogen-bond donors (Lipinski definition) is 1. The van der Waals surface area contributed by atoms with E-state index in [1.807, 2.05) is 13.8 Å². The van der Waals surface area contributed by atoms with Crippen molar-refractivity contribution in [2.45, 2.75) is 53.5 Å². The van der Waals surface area contributed by atoms with Crippen LogP contribution in [0.25, 0.3) is 0 Å². The highest BCUT2D eigenvalue weighted by Crippen LogP contribution is 2.27. The van der Waals surface area contributed by atoms with Gasteiger partial charge in [-0.05, 0) is 45.6 Å². The molecule has 1 saturated heterocycles. The summed E-state index contributed by atoms with van der Waals surface area (Å²) in [7, 11) is 0. The summed E-state index contributed by atoms with van der Waals surface area (Å²) < 4.78 is 0. The third-order valence-electron chi connectivity index (χ3n) is 3.30. The fraction of sp³-hybridized carbons (Fsp3) is 1.00. The molecule has 0 aromatic heterocycles. The zero-order chi connectivity index (χ0) is 12.1. The van der Waals surface area contributed by atoms with Gasteiger partial charge in [0.1, 0.15) is 0 Å². The van der Waals surface area contributed by atoms with Gasteiger partial charge in [0.2, 0.25) is 0 Å². The molecule has 0 aromatic carbocycles.